The van der Waals surface area contributed by atoms with Crippen LogP contribution < -0.4 is 20.9 Å². The molecule has 1 saturated heterocycles. The largest absolute Gasteiger partial charge is 0.486 e. The van der Waals surface area contributed by atoms with Gasteiger partial charge in [0.2, 0.25) is 11.7 Å². The molecule has 2 heterocycles. The number of benzene rings is 2. The van der Waals surface area contributed by atoms with Gasteiger partial charge in [0.15, 0.2) is 0 Å². The van der Waals surface area contributed by atoms with Gasteiger partial charge in [-0.3, -0.25) is 9.59 Å². The number of nitrogens with zero attached hydrogens (tertiary/aromatic N) is 4. The Hall–Kier alpha value is -3.81. The molecule has 0 spiro atoms. The number of hydrogen-bond acceptors (Lipinski definition) is 6. The molecule has 200 valence electrons. The predicted molar refractivity (Wildman–Crippen MR) is 150 cm³/mol. The summed E-state index contributed by atoms with van der Waals surface area (Å²) < 4.78 is 7.59. The highest BCUT2D eigenvalue weighted by Gasteiger charge is 2.39. The van der Waals surface area contributed by atoms with Gasteiger partial charge in [0.25, 0.3) is 0 Å². The standard InChI is InChI=1S/C30H37N5O3/c1-21(2)24-11-7-8-22(27(24)31)18-26(36)34-16-14-33(15-17-34)25-19-32-35(23-9-5-4-6-10-23)29(37)28(25)38-20-30(3)12-13-30/h4-11,19,21H,12-18,20,31H2,1-3H3. The van der Waals surface area contributed by atoms with Gasteiger partial charge in [-0.25, -0.2) is 0 Å². The molecule has 2 N–H and O–H groups in total. The maximum absolute atomic E-state index is 13.5. The number of nitrogen functional groups attached to an aromatic ring is 1. The number of anilines is 2. The number of aromatic nitrogens is 2. The van der Waals surface area contributed by atoms with Gasteiger partial charge in [0.05, 0.1) is 24.9 Å². The molecule has 3 aromatic rings. The third-order valence-corrected chi connectivity index (χ3v) is 7.75. The van der Waals surface area contributed by atoms with Crippen molar-refractivity contribution in [3.63, 3.8) is 0 Å². The third kappa shape index (κ3) is 5.39. The molecule has 1 saturated carbocycles. The fourth-order valence-electron chi connectivity index (χ4n) is 4.91. The van der Waals surface area contributed by atoms with Crippen LogP contribution >= 0.6 is 0 Å². The smallest absolute Gasteiger partial charge is 0.316 e. The summed E-state index contributed by atoms with van der Waals surface area (Å²) in [5.41, 5.74) is 10.3. The van der Waals surface area contributed by atoms with Crippen molar-refractivity contribution in [1.82, 2.24) is 14.7 Å². The summed E-state index contributed by atoms with van der Waals surface area (Å²) in [5, 5.41) is 4.47. The average Bonchev–Trinajstić information content (AvgIpc) is 3.66. The quantitative estimate of drug-likeness (QED) is 0.456. The van der Waals surface area contributed by atoms with Gasteiger partial charge in [0.1, 0.15) is 5.69 Å². The van der Waals surface area contributed by atoms with Crippen LogP contribution in [-0.4, -0.2) is 53.4 Å². The van der Waals surface area contributed by atoms with Crippen LogP contribution in [0.4, 0.5) is 11.4 Å². The van der Waals surface area contributed by atoms with Gasteiger partial charge in [-0.05, 0) is 42.0 Å². The van der Waals surface area contributed by atoms with Crippen molar-refractivity contribution in [1.29, 1.82) is 0 Å². The van der Waals surface area contributed by atoms with Crippen LogP contribution in [0.3, 0.4) is 0 Å². The highest BCUT2D eigenvalue weighted by Crippen LogP contribution is 2.45. The Balaban J connectivity index is 1.32. The Morgan fingerprint density at radius 2 is 1.76 bits per heavy atom. The van der Waals surface area contributed by atoms with E-state index in [-0.39, 0.29) is 23.3 Å². The van der Waals surface area contributed by atoms with Gasteiger partial charge in [0, 0.05) is 37.3 Å². The summed E-state index contributed by atoms with van der Waals surface area (Å²) in [5.74, 6) is 0.696. The molecule has 2 fully saturated rings. The molecule has 0 unspecified atom stereocenters. The van der Waals surface area contributed by atoms with Crippen molar-refractivity contribution in [2.45, 2.75) is 46.0 Å². The molecule has 0 bridgehead atoms. The molecule has 0 radical (unpaired) electrons. The molecule has 8 heteroatoms. The molecular formula is C30H37N5O3. The Kier molecular flexibility index (Phi) is 7.15. The van der Waals surface area contributed by atoms with Crippen LogP contribution in [0.15, 0.2) is 59.5 Å². The Morgan fingerprint density at radius 3 is 2.42 bits per heavy atom. The lowest BCUT2D eigenvalue weighted by Gasteiger charge is -2.36. The number of carbonyl (C=O) groups is 1. The minimum absolute atomic E-state index is 0.0630. The van der Waals surface area contributed by atoms with Gasteiger partial charge in [-0.2, -0.15) is 9.78 Å². The molecular weight excluding hydrogens is 478 g/mol. The summed E-state index contributed by atoms with van der Waals surface area (Å²) in [7, 11) is 0. The number of carbonyl (C=O) groups excluding carboxylic acids is 1. The van der Waals surface area contributed by atoms with Crippen molar-refractivity contribution in [2.24, 2.45) is 5.41 Å². The fourth-order valence-corrected chi connectivity index (χ4v) is 4.91. The lowest BCUT2D eigenvalue weighted by Crippen LogP contribution is -2.49. The minimum Gasteiger partial charge on any atom is -0.486 e. The van der Waals surface area contributed by atoms with E-state index in [1.807, 2.05) is 53.4 Å². The highest BCUT2D eigenvalue weighted by atomic mass is 16.5. The van der Waals surface area contributed by atoms with E-state index in [1.165, 1.54) is 4.68 Å². The van der Waals surface area contributed by atoms with E-state index in [9.17, 15) is 9.59 Å². The van der Waals surface area contributed by atoms with Crippen LogP contribution in [0.25, 0.3) is 5.69 Å². The first-order valence-electron chi connectivity index (χ1n) is 13.5. The molecule has 2 aliphatic rings. The van der Waals surface area contributed by atoms with E-state index in [4.69, 9.17) is 10.5 Å². The van der Waals surface area contributed by atoms with Crippen LogP contribution in [0.2, 0.25) is 0 Å². The predicted octanol–water partition coefficient (Wildman–Crippen LogP) is 4.01. The summed E-state index contributed by atoms with van der Waals surface area (Å²) in [6.07, 6.45) is 4.21. The van der Waals surface area contributed by atoms with Gasteiger partial charge in [-0.1, -0.05) is 57.2 Å². The molecule has 8 nitrogen and oxygen atoms in total. The summed E-state index contributed by atoms with van der Waals surface area (Å²) in [6.45, 7) is 9.19. The van der Waals surface area contributed by atoms with Crippen molar-refractivity contribution in [3.05, 3.63) is 76.2 Å². The summed E-state index contributed by atoms with van der Waals surface area (Å²) >= 11 is 0. The van der Waals surface area contributed by atoms with Crippen molar-refractivity contribution in [3.8, 4) is 11.4 Å². The molecule has 38 heavy (non-hydrogen) atoms. The molecule has 2 aromatic carbocycles. The second-order valence-electron chi connectivity index (χ2n) is 11.1. The first-order chi connectivity index (χ1) is 18.3. The molecule has 1 aliphatic heterocycles. The number of nitrogens with two attached hydrogens (primary N) is 1. The first kappa shape index (κ1) is 25.8. The fraction of sp³-hybridized carbons (Fsp3) is 0.433. The van der Waals surface area contributed by atoms with E-state index in [2.05, 4.69) is 30.8 Å². The second-order valence-corrected chi connectivity index (χ2v) is 11.1. The molecule has 5 rings (SSSR count). The highest BCUT2D eigenvalue weighted by molar-refractivity contribution is 5.81. The number of hydrogen-bond donors (Lipinski definition) is 1. The molecule has 1 aromatic heterocycles. The molecule has 1 aliphatic carbocycles. The Labute approximate surface area is 224 Å². The maximum Gasteiger partial charge on any atom is 0.316 e. The normalized spacial score (nSPS) is 16.5. The zero-order valence-corrected chi connectivity index (χ0v) is 22.5. The van der Waals surface area contributed by atoms with Crippen LogP contribution in [0, 0.1) is 5.41 Å². The molecule has 0 atom stereocenters. The van der Waals surface area contributed by atoms with E-state index in [0.29, 0.717) is 61.5 Å². The monoisotopic (exact) mass is 515 g/mol. The van der Waals surface area contributed by atoms with Crippen LogP contribution in [-0.2, 0) is 11.2 Å². The first-order valence-corrected chi connectivity index (χ1v) is 13.5. The lowest BCUT2D eigenvalue weighted by molar-refractivity contribution is -0.130. The lowest BCUT2D eigenvalue weighted by atomic mass is 9.96. The van der Waals surface area contributed by atoms with E-state index in [0.717, 1.165) is 24.0 Å². The number of amides is 1. The summed E-state index contributed by atoms with van der Waals surface area (Å²) in [6, 6.07) is 15.3. The van der Waals surface area contributed by atoms with Crippen molar-refractivity contribution >= 4 is 17.3 Å². The van der Waals surface area contributed by atoms with E-state index >= 15 is 0 Å². The van der Waals surface area contributed by atoms with Crippen LogP contribution in [0.5, 0.6) is 5.75 Å². The number of ether oxygens (including phenoxy) is 1. The van der Waals surface area contributed by atoms with Crippen LogP contribution in [0.1, 0.15) is 50.7 Å². The van der Waals surface area contributed by atoms with E-state index < -0.39 is 0 Å². The Bertz CT molecular complexity index is 1360. The maximum atomic E-state index is 13.5. The van der Waals surface area contributed by atoms with E-state index in [1.54, 1.807) is 6.20 Å². The minimum atomic E-state index is -0.267. The zero-order chi connectivity index (χ0) is 26.9. The average molecular weight is 516 g/mol. The Morgan fingerprint density at radius 1 is 1.05 bits per heavy atom. The van der Waals surface area contributed by atoms with Gasteiger partial charge in [-0.15, -0.1) is 0 Å². The summed E-state index contributed by atoms with van der Waals surface area (Å²) in [4.78, 5) is 30.7. The second kappa shape index (κ2) is 10.5. The van der Waals surface area contributed by atoms with Gasteiger partial charge < -0.3 is 20.3 Å². The topological polar surface area (TPSA) is 93.7 Å². The van der Waals surface area contributed by atoms with Gasteiger partial charge >= 0.3 is 5.56 Å². The number of para-hydroxylation sites is 2. The van der Waals surface area contributed by atoms with Crippen molar-refractivity contribution < 1.29 is 9.53 Å². The number of piperazine rings is 1. The number of rotatable bonds is 8. The zero-order valence-electron chi connectivity index (χ0n) is 22.5. The SMILES string of the molecule is CC(C)c1cccc(CC(=O)N2CCN(c3cnn(-c4ccccc4)c(=O)c3OCC3(C)CC3)CC2)c1N. The third-order valence-electron chi connectivity index (χ3n) is 7.75. The molecule has 1 amide bonds. The van der Waals surface area contributed by atoms with Crippen molar-refractivity contribution in [2.75, 3.05) is 43.4 Å².